The summed E-state index contributed by atoms with van der Waals surface area (Å²) in [4.78, 5) is 18.5. The number of rotatable bonds is 8. The number of fused-ring (bicyclic) bond motifs is 1. The van der Waals surface area contributed by atoms with Crippen LogP contribution in [0.3, 0.4) is 0 Å². The SMILES string of the molecule is Cc1cccc2c(CCCN3CCC(c4cccc(NC(=O)C(C)C)c4)CC3)c(-c3ccc(I)cc3)[nH]c12. The van der Waals surface area contributed by atoms with Crippen LogP contribution in [0, 0.1) is 16.4 Å². The van der Waals surface area contributed by atoms with Crippen LogP contribution in [0.25, 0.3) is 22.2 Å². The minimum atomic E-state index is -0.0113. The molecule has 4 aromatic rings. The number of nitrogens with zero attached hydrogens (tertiary/aromatic N) is 1. The number of likely N-dealkylation sites (tertiary alicyclic amines) is 1. The summed E-state index contributed by atoms with van der Waals surface area (Å²) in [6.07, 6.45) is 4.56. The molecule has 1 aliphatic heterocycles. The number of H-pyrrole nitrogens is 1. The Labute approximate surface area is 240 Å². The maximum Gasteiger partial charge on any atom is 0.226 e. The number of halogens is 1. The fraction of sp³-hybridized carbons (Fsp3) is 0.364. The van der Waals surface area contributed by atoms with Crippen LogP contribution >= 0.6 is 22.6 Å². The van der Waals surface area contributed by atoms with Crippen LogP contribution in [0.5, 0.6) is 0 Å². The van der Waals surface area contributed by atoms with Gasteiger partial charge in [0.05, 0.1) is 0 Å². The van der Waals surface area contributed by atoms with Crippen LogP contribution in [0.4, 0.5) is 5.69 Å². The number of hydrogen-bond donors (Lipinski definition) is 2. The van der Waals surface area contributed by atoms with E-state index >= 15 is 0 Å². The zero-order valence-corrected chi connectivity index (χ0v) is 24.8. The van der Waals surface area contributed by atoms with E-state index in [4.69, 9.17) is 0 Å². The molecule has 1 saturated heterocycles. The lowest BCUT2D eigenvalue weighted by Gasteiger charge is -2.32. The summed E-state index contributed by atoms with van der Waals surface area (Å²) in [5.74, 6) is 0.626. The summed E-state index contributed by atoms with van der Waals surface area (Å²) >= 11 is 2.37. The van der Waals surface area contributed by atoms with Crippen molar-refractivity contribution in [2.75, 3.05) is 25.0 Å². The number of hydrogen-bond acceptors (Lipinski definition) is 2. The number of aryl methyl sites for hydroxylation is 2. The van der Waals surface area contributed by atoms with E-state index in [9.17, 15) is 4.79 Å². The quantitative estimate of drug-likeness (QED) is 0.196. The number of para-hydroxylation sites is 1. The van der Waals surface area contributed by atoms with E-state index in [1.807, 2.05) is 19.9 Å². The Bertz CT molecular complexity index is 1400. The Hall–Kier alpha value is -2.64. The molecule has 0 bridgehead atoms. The first-order chi connectivity index (χ1) is 18.4. The molecule has 4 nitrogen and oxygen atoms in total. The fourth-order valence-electron chi connectivity index (χ4n) is 5.67. The van der Waals surface area contributed by atoms with Crippen LogP contribution < -0.4 is 5.32 Å². The zero-order valence-electron chi connectivity index (χ0n) is 22.7. The number of nitrogens with one attached hydrogen (secondary N) is 2. The van der Waals surface area contributed by atoms with E-state index in [1.54, 1.807) is 0 Å². The molecule has 0 unspecified atom stereocenters. The molecule has 5 rings (SSSR count). The van der Waals surface area contributed by atoms with Gasteiger partial charge in [-0.25, -0.2) is 0 Å². The first-order valence-corrected chi connectivity index (χ1v) is 15.0. The number of carbonyl (C=O) groups is 1. The van der Waals surface area contributed by atoms with Crippen molar-refractivity contribution in [3.63, 3.8) is 0 Å². The third-order valence-corrected chi connectivity index (χ3v) is 8.64. The van der Waals surface area contributed by atoms with Crippen LogP contribution in [-0.4, -0.2) is 35.4 Å². The number of anilines is 1. The predicted molar refractivity (Wildman–Crippen MR) is 168 cm³/mol. The van der Waals surface area contributed by atoms with Crippen molar-refractivity contribution in [1.82, 2.24) is 9.88 Å². The largest absolute Gasteiger partial charge is 0.354 e. The molecule has 2 heterocycles. The van der Waals surface area contributed by atoms with Crippen molar-refractivity contribution in [2.24, 2.45) is 5.92 Å². The van der Waals surface area contributed by atoms with Gasteiger partial charge in [-0.15, -0.1) is 0 Å². The molecule has 1 fully saturated rings. The second-order valence-corrected chi connectivity index (χ2v) is 12.2. The number of aromatic nitrogens is 1. The third kappa shape index (κ3) is 6.15. The van der Waals surface area contributed by atoms with E-state index in [0.29, 0.717) is 5.92 Å². The molecule has 0 atom stereocenters. The molecule has 1 aromatic heterocycles. The van der Waals surface area contributed by atoms with Crippen molar-refractivity contribution >= 4 is 45.1 Å². The van der Waals surface area contributed by atoms with Gasteiger partial charge in [-0.1, -0.05) is 56.3 Å². The highest BCUT2D eigenvalue weighted by Gasteiger charge is 2.21. The van der Waals surface area contributed by atoms with Gasteiger partial charge in [0.2, 0.25) is 5.91 Å². The minimum Gasteiger partial charge on any atom is -0.354 e. The lowest BCUT2D eigenvalue weighted by atomic mass is 9.89. The topological polar surface area (TPSA) is 48.1 Å². The van der Waals surface area contributed by atoms with E-state index in [-0.39, 0.29) is 11.8 Å². The second kappa shape index (κ2) is 12.0. The van der Waals surface area contributed by atoms with Gasteiger partial charge in [0.1, 0.15) is 0 Å². The van der Waals surface area contributed by atoms with Crippen molar-refractivity contribution in [2.45, 2.75) is 52.4 Å². The molecule has 3 aromatic carbocycles. The Balaban J connectivity index is 1.21. The average Bonchev–Trinajstić information content (AvgIpc) is 3.29. The van der Waals surface area contributed by atoms with Crippen molar-refractivity contribution in [1.29, 1.82) is 0 Å². The summed E-state index contributed by atoms with van der Waals surface area (Å²) in [6, 6.07) is 24.0. The van der Waals surface area contributed by atoms with E-state index < -0.39 is 0 Å². The van der Waals surface area contributed by atoms with Gasteiger partial charge in [-0.3, -0.25) is 4.79 Å². The van der Waals surface area contributed by atoms with Gasteiger partial charge < -0.3 is 15.2 Å². The van der Waals surface area contributed by atoms with Crippen LogP contribution in [0.1, 0.15) is 55.7 Å². The maximum absolute atomic E-state index is 12.1. The molecule has 38 heavy (non-hydrogen) atoms. The van der Waals surface area contributed by atoms with Gasteiger partial charge in [-0.05, 0) is 127 Å². The smallest absolute Gasteiger partial charge is 0.226 e. The molecule has 1 aliphatic rings. The zero-order chi connectivity index (χ0) is 26.6. The van der Waals surface area contributed by atoms with Gasteiger partial charge in [0, 0.05) is 31.8 Å². The Morgan fingerprint density at radius 3 is 2.53 bits per heavy atom. The molecule has 0 radical (unpaired) electrons. The lowest BCUT2D eigenvalue weighted by Crippen LogP contribution is -2.33. The Kier molecular flexibility index (Phi) is 8.54. The van der Waals surface area contributed by atoms with E-state index in [0.717, 1.165) is 38.2 Å². The van der Waals surface area contributed by atoms with Gasteiger partial charge in [0.15, 0.2) is 0 Å². The highest BCUT2D eigenvalue weighted by atomic mass is 127. The number of aromatic amines is 1. The van der Waals surface area contributed by atoms with Gasteiger partial charge in [0.25, 0.3) is 0 Å². The number of piperidine rings is 1. The predicted octanol–water partition coefficient (Wildman–Crippen LogP) is 8.15. The minimum absolute atomic E-state index is 0.0113. The summed E-state index contributed by atoms with van der Waals surface area (Å²) in [6.45, 7) is 9.43. The normalized spacial score (nSPS) is 14.9. The van der Waals surface area contributed by atoms with Crippen LogP contribution in [0.2, 0.25) is 0 Å². The third-order valence-electron chi connectivity index (χ3n) is 7.92. The molecular formula is C33H38IN3O. The number of benzene rings is 3. The molecular weight excluding hydrogens is 581 g/mol. The molecule has 5 heteroatoms. The molecule has 198 valence electrons. The lowest BCUT2D eigenvalue weighted by molar-refractivity contribution is -0.118. The highest BCUT2D eigenvalue weighted by molar-refractivity contribution is 14.1. The maximum atomic E-state index is 12.1. The van der Waals surface area contributed by atoms with Gasteiger partial charge in [-0.2, -0.15) is 0 Å². The first kappa shape index (κ1) is 26.9. The summed E-state index contributed by atoms with van der Waals surface area (Å²) < 4.78 is 1.26. The molecule has 0 aliphatic carbocycles. The standard InChI is InChI=1S/C33H38IN3O/c1-22(2)33(38)35-28-9-5-8-26(21-28)24-16-19-37(20-17-24)18-6-11-30-29-10-4-7-23(3)31(29)36-32(30)25-12-14-27(34)15-13-25/h4-5,7-10,12-15,21-22,24,36H,6,11,16-20H2,1-3H3,(H,35,38). The monoisotopic (exact) mass is 619 g/mol. The molecule has 0 spiro atoms. The summed E-state index contributed by atoms with van der Waals surface area (Å²) in [7, 11) is 0. The van der Waals surface area contributed by atoms with Gasteiger partial charge >= 0.3 is 0 Å². The number of carbonyl (C=O) groups excluding carboxylic acids is 1. The Morgan fingerprint density at radius 2 is 1.79 bits per heavy atom. The van der Waals surface area contributed by atoms with E-state index in [1.165, 1.54) is 55.3 Å². The van der Waals surface area contributed by atoms with Crippen molar-refractivity contribution < 1.29 is 4.79 Å². The van der Waals surface area contributed by atoms with Crippen LogP contribution in [0.15, 0.2) is 66.7 Å². The molecule has 1 amide bonds. The Morgan fingerprint density at radius 1 is 1.05 bits per heavy atom. The first-order valence-electron chi connectivity index (χ1n) is 13.9. The van der Waals surface area contributed by atoms with Crippen molar-refractivity contribution in [3.8, 4) is 11.3 Å². The fourth-order valence-corrected chi connectivity index (χ4v) is 6.03. The summed E-state index contributed by atoms with van der Waals surface area (Å²) in [5.41, 5.74) is 8.82. The number of amides is 1. The van der Waals surface area contributed by atoms with Crippen LogP contribution in [-0.2, 0) is 11.2 Å². The average molecular weight is 620 g/mol. The second-order valence-electron chi connectivity index (χ2n) is 11.0. The highest BCUT2D eigenvalue weighted by Crippen LogP contribution is 2.34. The van der Waals surface area contributed by atoms with E-state index in [2.05, 4.69) is 105 Å². The van der Waals surface area contributed by atoms with Crippen molar-refractivity contribution in [3.05, 3.63) is 87.0 Å². The summed E-state index contributed by atoms with van der Waals surface area (Å²) in [5, 5.41) is 4.42. The molecule has 2 N–H and O–H groups in total. The molecule has 0 saturated carbocycles.